The molecule has 0 saturated carbocycles. The van der Waals surface area contributed by atoms with Gasteiger partial charge in [0.1, 0.15) is 11.9 Å². The highest BCUT2D eigenvalue weighted by molar-refractivity contribution is 7.14. The summed E-state index contributed by atoms with van der Waals surface area (Å²) in [5.41, 5.74) is 0.0150. The molecule has 2 heterocycles. The molecule has 27 heavy (non-hydrogen) atoms. The number of nitrogens with one attached hydrogen (secondary N) is 1. The van der Waals surface area contributed by atoms with Gasteiger partial charge in [0.05, 0.1) is 18.8 Å². The first-order chi connectivity index (χ1) is 12.6. The highest BCUT2D eigenvalue weighted by atomic mass is 32.1. The summed E-state index contributed by atoms with van der Waals surface area (Å²) in [4.78, 5) is 24.0. The van der Waals surface area contributed by atoms with Crippen LogP contribution in [0.1, 0.15) is 11.9 Å². The van der Waals surface area contributed by atoms with E-state index in [1.54, 1.807) is 0 Å². The van der Waals surface area contributed by atoms with Crippen LogP contribution in [0.15, 0.2) is 18.2 Å². The number of cyclic esters (lactones) is 1. The molecular weight excluding hydrogens is 392 g/mol. The van der Waals surface area contributed by atoms with Crippen molar-refractivity contribution in [2.24, 2.45) is 0 Å². The van der Waals surface area contributed by atoms with Crippen LogP contribution in [0.5, 0.6) is 0 Å². The smallest absolute Gasteiger partial charge is 0.442 e. The van der Waals surface area contributed by atoms with Crippen molar-refractivity contribution >= 4 is 29.0 Å². The molecule has 1 atom stereocenters. The van der Waals surface area contributed by atoms with Crippen molar-refractivity contribution in [3.05, 3.63) is 29.0 Å². The molecule has 3 rings (SSSR count). The summed E-state index contributed by atoms with van der Waals surface area (Å²) in [5, 5.41) is 7.51. The van der Waals surface area contributed by atoms with E-state index in [0.717, 1.165) is 6.07 Å². The zero-order chi connectivity index (χ0) is 19.8. The van der Waals surface area contributed by atoms with E-state index in [1.165, 1.54) is 24.0 Å². The fourth-order valence-corrected chi connectivity index (χ4v) is 3.13. The molecule has 1 aliphatic rings. The summed E-state index contributed by atoms with van der Waals surface area (Å²) in [6.07, 6.45) is -5.97. The minimum Gasteiger partial charge on any atom is -0.442 e. The molecule has 1 aromatic heterocycles. The van der Waals surface area contributed by atoms with Gasteiger partial charge in [0.2, 0.25) is 10.9 Å². The lowest BCUT2D eigenvalue weighted by atomic mass is 10.2. The van der Waals surface area contributed by atoms with Gasteiger partial charge in [-0.2, -0.15) is 13.2 Å². The molecule has 2 aromatic rings. The molecule has 12 heteroatoms. The fraction of sp³-hybridized carbons (Fsp3) is 0.333. The number of alkyl halides is 3. The molecule has 1 N–H and O–H groups in total. The van der Waals surface area contributed by atoms with Crippen molar-refractivity contribution in [1.29, 1.82) is 0 Å². The number of carbonyl (C=O) groups is 2. The highest BCUT2D eigenvalue weighted by Crippen LogP contribution is 2.36. The lowest BCUT2D eigenvalue weighted by Gasteiger charge is -2.14. The van der Waals surface area contributed by atoms with Gasteiger partial charge in [-0.1, -0.05) is 11.3 Å². The number of halogens is 4. The van der Waals surface area contributed by atoms with Crippen LogP contribution in [0.3, 0.4) is 0 Å². The normalized spacial score (nSPS) is 17.1. The van der Waals surface area contributed by atoms with E-state index >= 15 is 0 Å². The molecule has 0 radical (unpaired) electrons. The quantitative estimate of drug-likeness (QED) is 0.793. The average molecular weight is 404 g/mol. The number of hydrogen-bond acceptors (Lipinski definition) is 6. The SMILES string of the molecule is CC(=O)NCC1CN(c2ccc(-c3nnc(C(F)(F)F)s3)c(F)c2)C(=O)O1. The van der Waals surface area contributed by atoms with E-state index in [1.807, 2.05) is 0 Å². The number of rotatable bonds is 4. The van der Waals surface area contributed by atoms with Crippen molar-refractivity contribution < 1.29 is 31.9 Å². The lowest BCUT2D eigenvalue weighted by molar-refractivity contribution is -0.138. The maximum absolute atomic E-state index is 14.4. The van der Waals surface area contributed by atoms with Crippen LogP contribution < -0.4 is 10.2 Å². The first-order valence-corrected chi connectivity index (χ1v) is 8.40. The Morgan fingerprint density at radius 2 is 2.15 bits per heavy atom. The van der Waals surface area contributed by atoms with Crippen LogP contribution in [-0.2, 0) is 15.7 Å². The second-order valence-electron chi connectivity index (χ2n) is 5.63. The second kappa shape index (κ2) is 7.10. The van der Waals surface area contributed by atoms with Gasteiger partial charge in [0.25, 0.3) is 0 Å². The van der Waals surface area contributed by atoms with E-state index in [4.69, 9.17) is 4.74 Å². The van der Waals surface area contributed by atoms with Crippen molar-refractivity contribution in [3.63, 3.8) is 0 Å². The van der Waals surface area contributed by atoms with Gasteiger partial charge in [-0.05, 0) is 18.2 Å². The monoisotopic (exact) mass is 404 g/mol. The number of ether oxygens (including phenoxy) is 1. The number of hydrogen-bond donors (Lipinski definition) is 1. The van der Waals surface area contributed by atoms with E-state index < -0.39 is 29.2 Å². The number of nitrogens with zero attached hydrogens (tertiary/aromatic N) is 3. The molecule has 1 aromatic carbocycles. The number of amides is 2. The van der Waals surface area contributed by atoms with Crippen LogP contribution in [0, 0.1) is 5.82 Å². The third-order valence-electron chi connectivity index (χ3n) is 3.62. The first kappa shape index (κ1) is 19.0. The van der Waals surface area contributed by atoms with E-state index in [2.05, 4.69) is 15.5 Å². The van der Waals surface area contributed by atoms with Crippen LogP contribution in [0.2, 0.25) is 0 Å². The summed E-state index contributed by atoms with van der Waals surface area (Å²) >= 11 is 0.223. The Bertz CT molecular complexity index is 886. The zero-order valence-electron chi connectivity index (χ0n) is 13.7. The Balaban J connectivity index is 1.78. The standard InChI is InChI=1S/C15H12F4N4O3S/c1-7(24)20-5-9-6-23(14(25)26-9)8-2-3-10(11(16)4-8)12-21-22-13(27-12)15(17,18)19/h2-4,9H,5-6H2,1H3,(H,20,24). The first-order valence-electron chi connectivity index (χ1n) is 7.58. The van der Waals surface area contributed by atoms with E-state index in [-0.39, 0.29) is 46.6 Å². The zero-order valence-corrected chi connectivity index (χ0v) is 14.5. The van der Waals surface area contributed by atoms with E-state index in [9.17, 15) is 27.2 Å². The Morgan fingerprint density at radius 3 is 2.74 bits per heavy atom. The van der Waals surface area contributed by atoms with Crippen molar-refractivity contribution in [2.75, 3.05) is 18.0 Å². The average Bonchev–Trinajstić information content (AvgIpc) is 3.19. The van der Waals surface area contributed by atoms with Gasteiger partial charge in [0.15, 0.2) is 5.01 Å². The van der Waals surface area contributed by atoms with Crippen LogP contribution in [-0.4, -0.2) is 41.4 Å². The molecular formula is C15H12F4N4O3S. The third-order valence-corrected chi connectivity index (χ3v) is 4.62. The molecule has 7 nitrogen and oxygen atoms in total. The van der Waals surface area contributed by atoms with Crippen LogP contribution in [0.25, 0.3) is 10.6 Å². The van der Waals surface area contributed by atoms with Gasteiger partial charge < -0.3 is 10.1 Å². The summed E-state index contributed by atoms with van der Waals surface area (Å²) in [6.45, 7) is 1.53. The topological polar surface area (TPSA) is 84.4 Å². The molecule has 144 valence electrons. The number of anilines is 1. The maximum Gasteiger partial charge on any atom is 0.445 e. The van der Waals surface area contributed by atoms with Crippen molar-refractivity contribution in [3.8, 4) is 10.6 Å². The summed E-state index contributed by atoms with van der Waals surface area (Å²) in [5.74, 6) is -1.13. The Kier molecular flexibility index (Phi) is 5.00. The predicted molar refractivity (Wildman–Crippen MR) is 86.6 cm³/mol. The van der Waals surface area contributed by atoms with Gasteiger partial charge in [-0.15, -0.1) is 10.2 Å². The molecule has 0 bridgehead atoms. The van der Waals surface area contributed by atoms with Gasteiger partial charge in [-0.3, -0.25) is 9.69 Å². The number of aromatic nitrogens is 2. The molecule has 1 aliphatic heterocycles. The predicted octanol–water partition coefficient (Wildman–Crippen LogP) is 2.82. The Labute approximate surface area is 153 Å². The number of carbonyl (C=O) groups excluding carboxylic acids is 2. The summed E-state index contributed by atoms with van der Waals surface area (Å²) in [6, 6.07) is 3.60. The second-order valence-corrected chi connectivity index (χ2v) is 6.61. The van der Waals surface area contributed by atoms with Gasteiger partial charge >= 0.3 is 12.3 Å². The van der Waals surface area contributed by atoms with E-state index in [0.29, 0.717) is 0 Å². The minimum atomic E-state index is -4.66. The third kappa shape index (κ3) is 4.15. The lowest BCUT2D eigenvalue weighted by Crippen LogP contribution is -2.33. The van der Waals surface area contributed by atoms with Crippen LogP contribution in [0.4, 0.5) is 28.0 Å². The van der Waals surface area contributed by atoms with Gasteiger partial charge in [0, 0.05) is 12.5 Å². The Morgan fingerprint density at radius 1 is 1.41 bits per heavy atom. The molecule has 0 aliphatic carbocycles. The molecule has 2 amide bonds. The summed E-state index contributed by atoms with van der Waals surface area (Å²) < 4.78 is 57.3. The Hall–Kier alpha value is -2.76. The van der Waals surface area contributed by atoms with Crippen molar-refractivity contribution in [1.82, 2.24) is 15.5 Å². The van der Waals surface area contributed by atoms with Gasteiger partial charge in [-0.25, -0.2) is 9.18 Å². The summed E-state index contributed by atoms with van der Waals surface area (Å²) in [7, 11) is 0. The minimum absolute atomic E-state index is 0.0922. The maximum atomic E-state index is 14.4. The molecule has 1 unspecified atom stereocenters. The largest absolute Gasteiger partial charge is 0.445 e. The highest BCUT2D eigenvalue weighted by Gasteiger charge is 2.36. The number of benzene rings is 1. The molecule has 1 fully saturated rings. The fourth-order valence-electron chi connectivity index (χ4n) is 2.39. The molecule has 0 spiro atoms. The van der Waals surface area contributed by atoms with Crippen molar-refractivity contribution in [2.45, 2.75) is 19.2 Å². The van der Waals surface area contributed by atoms with Crippen LogP contribution >= 0.6 is 11.3 Å². The molecule has 1 saturated heterocycles.